The lowest BCUT2D eigenvalue weighted by molar-refractivity contribution is -0.153. The second-order valence-electron chi connectivity index (χ2n) is 12.0. The first-order chi connectivity index (χ1) is 21.1. The lowest BCUT2D eigenvalue weighted by Gasteiger charge is -2.43. The molecule has 44 heavy (non-hydrogen) atoms. The maximum atomic E-state index is 14.3. The van der Waals surface area contributed by atoms with Gasteiger partial charge in [0.15, 0.2) is 0 Å². The number of fused-ring (bicyclic) bond motifs is 2. The van der Waals surface area contributed by atoms with Gasteiger partial charge in [0.05, 0.1) is 47.1 Å². The van der Waals surface area contributed by atoms with Crippen LogP contribution >= 0.6 is 23.2 Å². The molecule has 232 valence electrons. The van der Waals surface area contributed by atoms with Crippen LogP contribution in [0.3, 0.4) is 0 Å². The van der Waals surface area contributed by atoms with Crippen molar-refractivity contribution in [2.24, 2.45) is 11.8 Å². The molecule has 0 radical (unpaired) electrons. The van der Waals surface area contributed by atoms with Gasteiger partial charge in [-0.15, -0.1) is 0 Å². The van der Waals surface area contributed by atoms with Gasteiger partial charge in [-0.1, -0.05) is 48.2 Å². The van der Waals surface area contributed by atoms with Crippen LogP contribution in [0.1, 0.15) is 76.9 Å². The molecule has 6 rings (SSSR count). The summed E-state index contributed by atoms with van der Waals surface area (Å²) in [5.41, 5.74) is 1.75. The largest absolute Gasteiger partial charge is 0.487 e. The van der Waals surface area contributed by atoms with Gasteiger partial charge in [0.2, 0.25) is 11.8 Å². The average Bonchev–Trinajstić information content (AvgIpc) is 3.58. The van der Waals surface area contributed by atoms with Crippen molar-refractivity contribution in [3.05, 3.63) is 62.6 Å². The first kappa shape index (κ1) is 30.4. The molecule has 12 heteroatoms. The fraction of sp³-hybridized carbons (Fsp3) is 0.469. The highest BCUT2D eigenvalue weighted by molar-refractivity contribution is 6.36. The molecule has 0 spiro atoms. The third-order valence-corrected chi connectivity index (χ3v) is 10.1. The van der Waals surface area contributed by atoms with E-state index < -0.39 is 35.7 Å². The van der Waals surface area contributed by atoms with Crippen molar-refractivity contribution in [3.8, 4) is 5.75 Å². The predicted molar refractivity (Wildman–Crippen MR) is 161 cm³/mol. The minimum atomic E-state index is -1.01. The number of hydrogen-bond acceptors (Lipinski definition) is 6. The fourth-order valence-electron chi connectivity index (χ4n) is 7.17. The monoisotopic (exact) mass is 641 g/mol. The molecule has 4 aliphatic rings. The standard InChI is InChI=1S/C32H33Cl2N3O7/c1-17(38)35-12-10-18(15-35)44-28-25(34)14-24(33)23-11-13-36(29(39)21-8-4-5-9-22(21)32(42)43)26(27(23)28)16-37-30(40)19-6-2-3-7-20(19)31(37)41/h2-3,6-7,14,18,21-22,26H,4-5,8-13,15-16H2,1H3,(H,42,43)/t18?,21?,22?,26-/m1/s1. The molecule has 2 aromatic rings. The lowest BCUT2D eigenvalue weighted by atomic mass is 9.77. The van der Waals surface area contributed by atoms with E-state index in [9.17, 15) is 29.1 Å². The Hall–Kier alpha value is -3.63. The van der Waals surface area contributed by atoms with E-state index in [0.29, 0.717) is 60.7 Å². The number of nitrogens with zero attached hydrogens (tertiary/aromatic N) is 3. The third kappa shape index (κ3) is 5.32. The molecule has 4 atom stereocenters. The molecule has 4 amide bonds. The van der Waals surface area contributed by atoms with Crippen LogP contribution in [-0.2, 0) is 20.8 Å². The Balaban J connectivity index is 1.43. The van der Waals surface area contributed by atoms with E-state index in [1.807, 2.05) is 0 Å². The molecule has 1 aliphatic carbocycles. The van der Waals surface area contributed by atoms with Crippen LogP contribution in [0, 0.1) is 11.8 Å². The lowest BCUT2D eigenvalue weighted by Crippen LogP contribution is -2.50. The minimum absolute atomic E-state index is 0.0685. The number of carbonyl (C=O) groups is 5. The van der Waals surface area contributed by atoms with Crippen LogP contribution < -0.4 is 4.74 Å². The van der Waals surface area contributed by atoms with E-state index in [1.54, 1.807) is 40.1 Å². The van der Waals surface area contributed by atoms with Crippen molar-refractivity contribution >= 4 is 52.8 Å². The Labute approximate surface area is 264 Å². The first-order valence-electron chi connectivity index (χ1n) is 15.0. The van der Waals surface area contributed by atoms with E-state index in [4.69, 9.17) is 27.9 Å². The Morgan fingerprint density at radius 2 is 1.61 bits per heavy atom. The van der Waals surface area contributed by atoms with Crippen molar-refractivity contribution in [1.29, 1.82) is 0 Å². The molecule has 3 unspecified atom stereocenters. The van der Waals surface area contributed by atoms with Crippen LogP contribution in [0.5, 0.6) is 5.75 Å². The summed E-state index contributed by atoms with van der Waals surface area (Å²) in [6.07, 6.45) is 2.84. The van der Waals surface area contributed by atoms with Gasteiger partial charge >= 0.3 is 5.97 Å². The maximum absolute atomic E-state index is 14.3. The Bertz CT molecular complexity index is 1530. The van der Waals surface area contributed by atoms with E-state index in [1.165, 1.54) is 6.92 Å². The predicted octanol–water partition coefficient (Wildman–Crippen LogP) is 4.61. The van der Waals surface area contributed by atoms with Crippen molar-refractivity contribution in [2.45, 2.75) is 57.6 Å². The summed E-state index contributed by atoms with van der Waals surface area (Å²) in [4.78, 5) is 69.9. The topological polar surface area (TPSA) is 125 Å². The molecular weight excluding hydrogens is 609 g/mol. The van der Waals surface area contributed by atoms with Gasteiger partial charge in [0.1, 0.15) is 11.9 Å². The second-order valence-corrected chi connectivity index (χ2v) is 12.8. The molecule has 1 saturated carbocycles. The van der Waals surface area contributed by atoms with Crippen molar-refractivity contribution in [3.63, 3.8) is 0 Å². The SMILES string of the molecule is CC(=O)N1CCC(Oc2c(Cl)cc(Cl)c3c2[C@@H](CN2C(=O)c4ccccc4C2=O)N(C(=O)C2CCCCC2C(=O)O)CC3)C1. The Morgan fingerprint density at radius 3 is 2.23 bits per heavy atom. The Kier molecular flexibility index (Phi) is 8.32. The summed E-state index contributed by atoms with van der Waals surface area (Å²) in [5.74, 6) is -3.65. The molecule has 3 heterocycles. The van der Waals surface area contributed by atoms with Gasteiger partial charge < -0.3 is 19.6 Å². The number of aliphatic carboxylic acids is 1. The molecule has 1 N–H and O–H groups in total. The zero-order valence-electron chi connectivity index (χ0n) is 24.3. The summed E-state index contributed by atoms with van der Waals surface area (Å²) >= 11 is 13.5. The number of carboxylic acids is 1. The first-order valence-corrected chi connectivity index (χ1v) is 15.7. The second kappa shape index (κ2) is 12.0. The Morgan fingerprint density at radius 1 is 0.955 bits per heavy atom. The number of benzene rings is 2. The van der Waals surface area contributed by atoms with Crippen molar-refractivity contribution in [1.82, 2.24) is 14.7 Å². The zero-order valence-corrected chi connectivity index (χ0v) is 25.8. The molecule has 3 aliphatic heterocycles. The van der Waals surface area contributed by atoms with Crippen LogP contribution in [0.4, 0.5) is 0 Å². The normalized spacial score (nSPS) is 24.8. The number of hydrogen-bond donors (Lipinski definition) is 1. The van der Waals surface area contributed by atoms with E-state index in [0.717, 1.165) is 17.7 Å². The smallest absolute Gasteiger partial charge is 0.307 e. The van der Waals surface area contributed by atoms with Crippen LogP contribution in [0.2, 0.25) is 10.0 Å². The highest BCUT2D eigenvalue weighted by Crippen LogP contribution is 2.47. The number of likely N-dealkylation sites (tertiary alicyclic amines) is 1. The molecule has 2 fully saturated rings. The number of amides is 4. The summed E-state index contributed by atoms with van der Waals surface area (Å²) < 4.78 is 6.48. The maximum Gasteiger partial charge on any atom is 0.307 e. The van der Waals surface area contributed by atoms with E-state index >= 15 is 0 Å². The van der Waals surface area contributed by atoms with Gasteiger partial charge in [-0.2, -0.15) is 0 Å². The van der Waals surface area contributed by atoms with Gasteiger partial charge in [0.25, 0.3) is 11.8 Å². The summed E-state index contributed by atoms with van der Waals surface area (Å²) in [7, 11) is 0. The van der Waals surface area contributed by atoms with Gasteiger partial charge in [-0.05, 0) is 43.0 Å². The molecule has 10 nitrogen and oxygen atoms in total. The molecule has 0 aromatic heterocycles. The molecule has 2 aromatic carbocycles. The van der Waals surface area contributed by atoms with Crippen LogP contribution in [0.25, 0.3) is 0 Å². The van der Waals surface area contributed by atoms with E-state index in [2.05, 4.69) is 0 Å². The third-order valence-electron chi connectivity index (χ3n) is 9.43. The average molecular weight is 643 g/mol. The fourth-order valence-corrected chi connectivity index (χ4v) is 7.79. The summed E-state index contributed by atoms with van der Waals surface area (Å²) in [5, 5.41) is 10.5. The van der Waals surface area contributed by atoms with E-state index in [-0.39, 0.29) is 47.2 Å². The number of carboxylic acid groups (broad SMARTS) is 1. The zero-order chi connectivity index (χ0) is 31.3. The molecular formula is C32H33Cl2N3O7. The summed E-state index contributed by atoms with van der Waals surface area (Å²) in [6, 6.07) is 7.26. The molecule has 1 saturated heterocycles. The molecule has 0 bridgehead atoms. The summed E-state index contributed by atoms with van der Waals surface area (Å²) in [6.45, 7) is 2.40. The van der Waals surface area contributed by atoms with Gasteiger partial charge in [-0.25, -0.2) is 0 Å². The number of carbonyl (C=O) groups excluding carboxylic acids is 4. The highest BCUT2D eigenvalue weighted by atomic mass is 35.5. The number of halogens is 2. The number of ether oxygens (including phenoxy) is 1. The number of rotatable bonds is 6. The number of imide groups is 1. The van der Waals surface area contributed by atoms with Crippen LogP contribution in [-0.4, -0.2) is 81.7 Å². The quantitative estimate of drug-likeness (QED) is 0.457. The van der Waals surface area contributed by atoms with Gasteiger partial charge in [0, 0.05) is 37.0 Å². The van der Waals surface area contributed by atoms with Gasteiger partial charge in [-0.3, -0.25) is 28.9 Å². The van der Waals surface area contributed by atoms with Crippen molar-refractivity contribution < 1.29 is 33.8 Å². The van der Waals surface area contributed by atoms with Crippen molar-refractivity contribution in [2.75, 3.05) is 26.2 Å². The minimum Gasteiger partial charge on any atom is -0.487 e. The highest BCUT2D eigenvalue weighted by Gasteiger charge is 2.46. The van der Waals surface area contributed by atoms with Crippen LogP contribution in [0.15, 0.2) is 30.3 Å².